The molecule has 0 saturated heterocycles. The Kier molecular flexibility index (Phi) is 4.30. The van der Waals surface area contributed by atoms with Crippen LogP contribution in [-0.4, -0.2) is 33.9 Å². The number of esters is 1. The van der Waals surface area contributed by atoms with Gasteiger partial charge in [0.2, 0.25) is 0 Å². The Labute approximate surface area is 109 Å². The highest BCUT2D eigenvalue weighted by atomic mass is 32.1. The van der Waals surface area contributed by atoms with Gasteiger partial charge in [0.15, 0.2) is 5.69 Å². The molecule has 0 aliphatic heterocycles. The van der Waals surface area contributed by atoms with E-state index in [1.807, 2.05) is 16.9 Å². The summed E-state index contributed by atoms with van der Waals surface area (Å²) in [5.41, 5.74) is 1.98. The fourth-order valence-corrected chi connectivity index (χ4v) is 2.13. The summed E-state index contributed by atoms with van der Waals surface area (Å²) in [5, 5.41) is 8.00. The molecule has 0 aliphatic carbocycles. The van der Waals surface area contributed by atoms with Crippen molar-refractivity contribution in [3.8, 4) is 0 Å². The third-order valence-electron chi connectivity index (χ3n) is 2.22. The average Bonchev–Trinajstić information content (AvgIpc) is 3.00. The normalized spacial score (nSPS) is 10.3. The lowest BCUT2D eigenvalue weighted by Crippen LogP contribution is -2.13. The van der Waals surface area contributed by atoms with Crippen molar-refractivity contribution in [1.29, 1.82) is 0 Å². The van der Waals surface area contributed by atoms with E-state index in [4.69, 9.17) is 4.74 Å². The Bertz CT molecular complexity index is 495. The van der Waals surface area contributed by atoms with E-state index in [1.165, 1.54) is 11.3 Å². The van der Waals surface area contributed by atoms with Gasteiger partial charge in [0.1, 0.15) is 5.00 Å². The molecule has 0 radical (unpaired) electrons. The van der Waals surface area contributed by atoms with Gasteiger partial charge in [-0.15, -0.1) is 11.3 Å². The molecule has 0 spiro atoms. The van der Waals surface area contributed by atoms with Crippen molar-refractivity contribution in [2.45, 2.75) is 13.5 Å². The third-order valence-corrected chi connectivity index (χ3v) is 3.01. The maximum Gasteiger partial charge on any atom is 0.360 e. The second kappa shape index (κ2) is 6.15. The molecule has 1 N–H and O–H groups in total. The van der Waals surface area contributed by atoms with Gasteiger partial charge in [-0.05, 0) is 13.0 Å². The standard InChI is InChI=1S/C11H14N4O2S/c1-2-17-11(16)9-10(18-8-13-9)12-5-7-15-6-3-4-14-15/h3-4,6,8,12H,2,5,7H2,1H3. The van der Waals surface area contributed by atoms with E-state index in [1.54, 1.807) is 18.6 Å². The molecular formula is C11H14N4O2S. The lowest BCUT2D eigenvalue weighted by molar-refractivity contribution is 0.0521. The van der Waals surface area contributed by atoms with E-state index in [-0.39, 0.29) is 5.97 Å². The predicted molar refractivity (Wildman–Crippen MR) is 68.8 cm³/mol. The highest BCUT2D eigenvalue weighted by Gasteiger charge is 2.15. The van der Waals surface area contributed by atoms with Crippen LogP contribution in [0.15, 0.2) is 24.0 Å². The largest absolute Gasteiger partial charge is 0.461 e. The predicted octanol–water partition coefficient (Wildman–Crippen LogP) is 1.63. The fourth-order valence-electron chi connectivity index (χ4n) is 1.43. The first-order valence-electron chi connectivity index (χ1n) is 5.63. The van der Waals surface area contributed by atoms with E-state index in [2.05, 4.69) is 15.4 Å². The zero-order valence-corrected chi connectivity index (χ0v) is 10.8. The summed E-state index contributed by atoms with van der Waals surface area (Å²) in [4.78, 5) is 15.6. The minimum Gasteiger partial charge on any atom is -0.461 e. The number of ether oxygens (including phenoxy) is 1. The van der Waals surface area contributed by atoms with E-state index < -0.39 is 0 Å². The van der Waals surface area contributed by atoms with Crippen molar-refractivity contribution in [3.05, 3.63) is 29.7 Å². The molecule has 0 atom stereocenters. The molecule has 2 aromatic heterocycles. The van der Waals surface area contributed by atoms with E-state index in [9.17, 15) is 4.79 Å². The molecule has 0 aromatic carbocycles. The first-order valence-corrected chi connectivity index (χ1v) is 6.51. The van der Waals surface area contributed by atoms with Gasteiger partial charge in [-0.2, -0.15) is 5.10 Å². The topological polar surface area (TPSA) is 69.0 Å². The molecule has 0 fully saturated rings. The quantitative estimate of drug-likeness (QED) is 0.805. The third kappa shape index (κ3) is 3.07. The number of nitrogens with one attached hydrogen (secondary N) is 1. The number of hydrogen-bond donors (Lipinski definition) is 1. The molecule has 2 aromatic rings. The van der Waals surface area contributed by atoms with E-state index in [0.29, 0.717) is 18.8 Å². The van der Waals surface area contributed by atoms with Crippen molar-refractivity contribution in [2.24, 2.45) is 0 Å². The summed E-state index contributed by atoms with van der Waals surface area (Å²) in [6.07, 6.45) is 3.62. The summed E-state index contributed by atoms with van der Waals surface area (Å²) in [5.74, 6) is -0.389. The van der Waals surface area contributed by atoms with Gasteiger partial charge in [0, 0.05) is 18.9 Å². The SMILES string of the molecule is CCOC(=O)c1ncsc1NCCn1cccn1. The molecule has 6 nitrogen and oxygen atoms in total. The molecule has 2 rings (SSSR count). The Balaban J connectivity index is 1.89. The molecule has 7 heteroatoms. The molecular weight excluding hydrogens is 252 g/mol. The van der Waals surface area contributed by atoms with Crippen LogP contribution in [0.25, 0.3) is 0 Å². The molecule has 96 valence electrons. The van der Waals surface area contributed by atoms with Gasteiger partial charge in [-0.3, -0.25) is 4.68 Å². The summed E-state index contributed by atoms with van der Waals surface area (Å²) in [6, 6.07) is 1.87. The lowest BCUT2D eigenvalue weighted by Gasteiger charge is -2.06. The highest BCUT2D eigenvalue weighted by molar-refractivity contribution is 7.14. The first kappa shape index (κ1) is 12.6. The van der Waals surface area contributed by atoms with Crippen molar-refractivity contribution in [2.75, 3.05) is 18.5 Å². The van der Waals surface area contributed by atoms with Gasteiger partial charge in [-0.25, -0.2) is 9.78 Å². The van der Waals surface area contributed by atoms with Crippen LogP contribution in [-0.2, 0) is 11.3 Å². The van der Waals surface area contributed by atoms with Crippen LogP contribution < -0.4 is 5.32 Å². The molecule has 0 amide bonds. The zero-order valence-electron chi connectivity index (χ0n) is 10.00. The van der Waals surface area contributed by atoms with Gasteiger partial charge in [0.25, 0.3) is 0 Å². The van der Waals surface area contributed by atoms with Crippen molar-refractivity contribution >= 4 is 22.3 Å². The summed E-state index contributed by atoms with van der Waals surface area (Å²) in [7, 11) is 0. The van der Waals surface area contributed by atoms with Crippen LogP contribution in [0, 0.1) is 0 Å². The number of aromatic nitrogens is 3. The molecule has 2 heterocycles. The second-order valence-electron chi connectivity index (χ2n) is 3.45. The molecule has 0 saturated carbocycles. The van der Waals surface area contributed by atoms with Crippen LogP contribution in [0.4, 0.5) is 5.00 Å². The lowest BCUT2D eigenvalue weighted by atomic mass is 10.4. The Morgan fingerprint density at radius 1 is 1.61 bits per heavy atom. The minimum atomic E-state index is -0.389. The Morgan fingerprint density at radius 2 is 2.50 bits per heavy atom. The average molecular weight is 266 g/mol. The Hall–Kier alpha value is -1.89. The zero-order chi connectivity index (χ0) is 12.8. The van der Waals surface area contributed by atoms with Gasteiger partial charge >= 0.3 is 5.97 Å². The maximum absolute atomic E-state index is 11.6. The monoisotopic (exact) mass is 266 g/mol. The fraction of sp³-hybridized carbons (Fsp3) is 0.364. The number of nitrogens with zero attached hydrogens (tertiary/aromatic N) is 3. The van der Waals surface area contributed by atoms with Gasteiger partial charge in [-0.1, -0.05) is 0 Å². The van der Waals surface area contributed by atoms with E-state index in [0.717, 1.165) is 11.5 Å². The van der Waals surface area contributed by atoms with Crippen LogP contribution in [0.5, 0.6) is 0 Å². The van der Waals surface area contributed by atoms with Crippen molar-refractivity contribution < 1.29 is 9.53 Å². The molecule has 18 heavy (non-hydrogen) atoms. The first-order chi connectivity index (χ1) is 8.81. The molecule has 0 unspecified atom stereocenters. The number of hydrogen-bond acceptors (Lipinski definition) is 6. The van der Waals surface area contributed by atoms with Crippen molar-refractivity contribution in [3.63, 3.8) is 0 Å². The molecule has 0 aliphatic rings. The Morgan fingerprint density at radius 3 is 3.22 bits per heavy atom. The van der Waals surface area contributed by atoms with E-state index >= 15 is 0 Å². The second-order valence-corrected chi connectivity index (χ2v) is 4.30. The van der Waals surface area contributed by atoms with Gasteiger partial charge < -0.3 is 10.1 Å². The molecule has 0 bridgehead atoms. The van der Waals surface area contributed by atoms with Crippen LogP contribution in [0.2, 0.25) is 0 Å². The maximum atomic E-state index is 11.6. The number of anilines is 1. The van der Waals surface area contributed by atoms with Crippen LogP contribution >= 0.6 is 11.3 Å². The van der Waals surface area contributed by atoms with Crippen LogP contribution in [0.1, 0.15) is 17.4 Å². The number of carbonyl (C=O) groups excluding carboxylic acids is 1. The van der Waals surface area contributed by atoms with Crippen molar-refractivity contribution in [1.82, 2.24) is 14.8 Å². The van der Waals surface area contributed by atoms with Crippen LogP contribution in [0.3, 0.4) is 0 Å². The summed E-state index contributed by atoms with van der Waals surface area (Å²) >= 11 is 1.39. The minimum absolute atomic E-state index is 0.349. The number of rotatable bonds is 6. The highest BCUT2D eigenvalue weighted by Crippen LogP contribution is 2.20. The summed E-state index contributed by atoms with van der Waals surface area (Å²) in [6.45, 7) is 3.53. The number of carbonyl (C=O) groups is 1. The number of thiazole rings is 1. The van der Waals surface area contributed by atoms with Gasteiger partial charge in [0.05, 0.1) is 18.7 Å². The summed E-state index contributed by atoms with van der Waals surface area (Å²) < 4.78 is 6.74. The smallest absolute Gasteiger partial charge is 0.360 e.